The predicted molar refractivity (Wildman–Crippen MR) is 221 cm³/mol. The fourth-order valence-corrected chi connectivity index (χ4v) is 10.6. The number of piperidine rings is 2. The van der Waals surface area contributed by atoms with Crippen molar-refractivity contribution in [2.75, 3.05) is 37.6 Å². The van der Waals surface area contributed by atoms with Crippen molar-refractivity contribution >= 4 is 29.1 Å². The van der Waals surface area contributed by atoms with Gasteiger partial charge >= 0.3 is 0 Å². The molecule has 3 atom stereocenters. The molecule has 57 heavy (non-hydrogen) atoms. The highest BCUT2D eigenvalue weighted by atomic mass is 16.3. The summed E-state index contributed by atoms with van der Waals surface area (Å²) in [6, 6.07) is 30.9. The van der Waals surface area contributed by atoms with Crippen molar-refractivity contribution in [1.29, 1.82) is 0 Å². The smallest absolute Gasteiger partial charge is 0.262 e. The van der Waals surface area contributed by atoms with E-state index < -0.39 is 17.9 Å². The molecular weight excluding hydrogens is 711 g/mol. The first-order chi connectivity index (χ1) is 27.8. The number of rotatable bonds is 9. The summed E-state index contributed by atoms with van der Waals surface area (Å²) < 4.78 is 0. The summed E-state index contributed by atoms with van der Waals surface area (Å²) in [6.07, 6.45) is 9.01. The third kappa shape index (κ3) is 7.69. The Morgan fingerprint density at radius 2 is 1.39 bits per heavy atom. The van der Waals surface area contributed by atoms with Crippen LogP contribution >= 0.6 is 0 Å². The molecular formula is C49H53N3O5. The van der Waals surface area contributed by atoms with Gasteiger partial charge < -0.3 is 14.9 Å². The van der Waals surface area contributed by atoms with Crippen LogP contribution in [0.1, 0.15) is 118 Å². The molecule has 2 amide bonds. The Labute approximate surface area is 335 Å². The van der Waals surface area contributed by atoms with Crippen molar-refractivity contribution in [3.8, 4) is 5.75 Å². The van der Waals surface area contributed by atoms with Crippen LogP contribution in [0.5, 0.6) is 5.75 Å². The lowest BCUT2D eigenvalue weighted by molar-refractivity contribution is -0.132. The van der Waals surface area contributed by atoms with Crippen LogP contribution in [-0.4, -0.2) is 77.1 Å². The van der Waals surface area contributed by atoms with E-state index in [4.69, 9.17) is 0 Å². The number of phenolic OH excluding ortho intramolecular Hbond substituents is 1. The van der Waals surface area contributed by atoms with Crippen LogP contribution in [-0.2, 0) is 22.4 Å². The predicted octanol–water partition coefficient (Wildman–Crippen LogP) is 8.10. The van der Waals surface area contributed by atoms with Crippen molar-refractivity contribution in [2.24, 2.45) is 11.8 Å². The number of hydrogen-bond donors (Lipinski definition) is 1. The van der Waals surface area contributed by atoms with E-state index in [9.17, 15) is 24.3 Å². The molecule has 1 saturated carbocycles. The molecule has 0 aromatic heterocycles. The van der Waals surface area contributed by atoms with Gasteiger partial charge in [-0.1, -0.05) is 54.6 Å². The number of ketones is 2. The number of nitrogens with zero attached hydrogens (tertiary/aromatic N) is 3. The van der Waals surface area contributed by atoms with E-state index in [-0.39, 0.29) is 36.7 Å². The zero-order chi connectivity index (χ0) is 39.0. The Balaban J connectivity index is 0.745. The number of anilines is 1. The van der Waals surface area contributed by atoms with Crippen LogP contribution in [0.2, 0.25) is 0 Å². The summed E-state index contributed by atoms with van der Waals surface area (Å²) in [5, 5.41) is 10.2. The molecule has 9 rings (SSSR count). The number of carbonyl (C=O) groups is 4. The average molecular weight is 764 g/mol. The summed E-state index contributed by atoms with van der Waals surface area (Å²) in [5.41, 5.74) is 8.46. The molecule has 3 aliphatic heterocycles. The van der Waals surface area contributed by atoms with Crippen molar-refractivity contribution in [3.63, 3.8) is 0 Å². The summed E-state index contributed by atoms with van der Waals surface area (Å²) in [6.45, 7) is 5.60. The highest BCUT2D eigenvalue weighted by Gasteiger charge is 2.44. The molecule has 0 spiro atoms. The van der Waals surface area contributed by atoms with Crippen LogP contribution in [0.3, 0.4) is 0 Å². The second kappa shape index (κ2) is 16.0. The number of aryl methyl sites for hydroxylation is 2. The minimum absolute atomic E-state index is 0.122. The van der Waals surface area contributed by atoms with E-state index in [1.165, 1.54) is 60.2 Å². The molecule has 8 nitrogen and oxygen atoms in total. The van der Waals surface area contributed by atoms with Gasteiger partial charge in [0.15, 0.2) is 5.78 Å². The van der Waals surface area contributed by atoms with Crippen molar-refractivity contribution in [3.05, 3.63) is 130 Å². The van der Waals surface area contributed by atoms with Crippen molar-refractivity contribution < 1.29 is 24.3 Å². The first kappa shape index (κ1) is 37.5. The Hall–Kier alpha value is -5.08. The second-order valence-corrected chi connectivity index (χ2v) is 17.3. The lowest BCUT2D eigenvalue weighted by Gasteiger charge is -2.38. The Kier molecular flexibility index (Phi) is 10.6. The number of carbonyl (C=O) groups excluding carboxylic acids is 4. The fourth-order valence-electron chi connectivity index (χ4n) is 10.6. The zero-order valence-corrected chi connectivity index (χ0v) is 32.8. The lowest BCUT2D eigenvalue weighted by Crippen LogP contribution is -2.47. The van der Waals surface area contributed by atoms with Crippen molar-refractivity contribution in [1.82, 2.24) is 9.80 Å². The Morgan fingerprint density at radius 3 is 2.14 bits per heavy atom. The number of amides is 2. The molecule has 294 valence electrons. The molecule has 2 aliphatic carbocycles. The highest BCUT2D eigenvalue weighted by Crippen LogP contribution is 2.47. The maximum atomic E-state index is 13.3. The summed E-state index contributed by atoms with van der Waals surface area (Å²) in [7, 11) is 0. The normalized spacial score (nSPS) is 23.5. The summed E-state index contributed by atoms with van der Waals surface area (Å²) in [5.74, 6) is 1.11. The third-order valence-corrected chi connectivity index (χ3v) is 13.8. The van der Waals surface area contributed by atoms with Crippen LogP contribution in [0.4, 0.5) is 5.69 Å². The molecule has 0 bridgehead atoms. The number of benzene rings is 4. The molecule has 3 heterocycles. The molecule has 2 saturated heterocycles. The topological polar surface area (TPSA) is 98.2 Å². The van der Waals surface area contributed by atoms with E-state index >= 15 is 0 Å². The standard InChI is InChI=1S/C49H53N3O5/c53-39-14-18-42-37(29-39)11-17-41(35-4-2-1-3-5-35)47(42)36-9-12-38(13-10-36)51-26-22-34(23-27-51)31-50-24-20-32(21-25-50)6-7-33-8-16-43-44(28-33)49(57)52(48(43)56)45-19-15-40(54)30-46(45)55/h1-5,8-10,12-14,16,18,28-29,32,34,41,45,47,53H,6-7,11,15,17,19-27,30-31H2/t41-,45?,47+/m1/s1. The van der Waals surface area contributed by atoms with E-state index in [2.05, 4.69) is 70.5 Å². The van der Waals surface area contributed by atoms with Gasteiger partial charge in [-0.3, -0.25) is 24.1 Å². The average Bonchev–Trinajstić information content (AvgIpc) is 3.48. The summed E-state index contributed by atoms with van der Waals surface area (Å²) >= 11 is 0. The molecule has 8 heteroatoms. The lowest BCUT2D eigenvalue weighted by atomic mass is 9.69. The monoisotopic (exact) mass is 763 g/mol. The van der Waals surface area contributed by atoms with Gasteiger partial charge in [0.1, 0.15) is 11.5 Å². The van der Waals surface area contributed by atoms with Crippen LogP contribution < -0.4 is 4.90 Å². The quantitative estimate of drug-likeness (QED) is 0.136. The molecule has 3 fully saturated rings. The van der Waals surface area contributed by atoms with Gasteiger partial charge in [-0.05, 0) is 153 Å². The van der Waals surface area contributed by atoms with E-state index in [0.717, 1.165) is 68.2 Å². The van der Waals surface area contributed by atoms with Crippen LogP contribution in [0, 0.1) is 11.8 Å². The van der Waals surface area contributed by atoms with Gasteiger partial charge in [0.25, 0.3) is 11.8 Å². The minimum atomic E-state index is -0.827. The number of fused-ring (bicyclic) bond motifs is 2. The van der Waals surface area contributed by atoms with Crippen LogP contribution in [0.25, 0.3) is 0 Å². The van der Waals surface area contributed by atoms with E-state index in [1.807, 2.05) is 24.3 Å². The van der Waals surface area contributed by atoms with Crippen molar-refractivity contribution in [2.45, 2.75) is 88.5 Å². The number of Topliss-reactive ketones (excluding diaryl/α,β-unsaturated/α-hetero) is 2. The van der Waals surface area contributed by atoms with Gasteiger partial charge in [0.2, 0.25) is 0 Å². The van der Waals surface area contributed by atoms with E-state index in [1.54, 1.807) is 6.07 Å². The Morgan fingerprint density at radius 1 is 0.649 bits per heavy atom. The van der Waals surface area contributed by atoms with Gasteiger partial charge in [0, 0.05) is 37.7 Å². The molecule has 5 aliphatic rings. The first-order valence-electron chi connectivity index (χ1n) is 21.3. The number of imide groups is 1. The summed E-state index contributed by atoms with van der Waals surface area (Å²) in [4.78, 5) is 57.0. The van der Waals surface area contributed by atoms with Gasteiger partial charge in [-0.2, -0.15) is 0 Å². The third-order valence-electron chi connectivity index (χ3n) is 13.8. The first-order valence-corrected chi connectivity index (χ1v) is 21.3. The molecule has 4 aromatic carbocycles. The minimum Gasteiger partial charge on any atom is -0.508 e. The maximum Gasteiger partial charge on any atom is 0.262 e. The van der Waals surface area contributed by atoms with Gasteiger partial charge in [-0.15, -0.1) is 0 Å². The number of phenols is 1. The number of aromatic hydroxyl groups is 1. The highest BCUT2D eigenvalue weighted by molar-refractivity contribution is 6.23. The molecule has 1 unspecified atom stereocenters. The van der Waals surface area contributed by atoms with Crippen LogP contribution in [0.15, 0.2) is 91.0 Å². The van der Waals surface area contributed by atoms with Gasteiger partial charge in [0.05, 0.1) is 23.6 Å². The zero-order valence-electron chi connectivity index (χ0n) is 32.8. The molecule has 1 N–H and O–H groups in total. The fraction of sp³-hybridized carbons (Fsp3) is 0.429. The second-order valence-electron chi connectivity index (χ2n) is 17.3. The Bertz CT molecular complexity index is 2150. The van der Waals surface area contributed by atoms with E-state index in [0.29, 0.717) is 28.7 Å². The molecule has 0 radical (unpaired) electrons. The number of likely N-dealkylation sites (tertiary alicyclic amines) is 1. The molecule has 4 aromatic rings. The van der Waals surface area contributed by atoms with Gasteiger partial charge in [-0.25, -0.2) is 0 Å². The SMILES string of the molecule is O=C1CCC(N2C(=O)c3ccc(CCC4CCN(CC5CCN(c6ccc([C@@H]7c8ccc(O)cc8CC[C@@H]7c7ccccc7)cc6)CC5)CC4)cc3C2=O)C(=O)C1. The number of hydrogen-bond acceptors (Lipinski definition) is 7. The largest absolute Gasteiger partial charge is 0.508 e. The maximum absolute atomic E-state index is 13.3.